The van der Waals surface area contributed by atoms with Crippen LogP contribution >= 0.6 is 0 Å². The van der Waals surface area contributed by atoms with E-state index in [2.05, 4.69) is 0 Å². The molecule has 1 heterocycles. The Hall–Kier alpha value is -3.41. The number of rotatable bonds is 5. The van der Waals surface area contributed by atoms with E-state index in [9.17, 15) is 18.7 Å². The molecule has 4 nitrogen and oxygen atoms in total. The molecule has 1 aliphatic heterocycles. The number of benzene rings is 3. The van der Waals surface area contributed by atoms with E-state index in [1.165, 1.54) is 5.56 Å². The zero-order chi connectivity index (χ0) is 21.1. The first-order chi connectivity index (χ1) is 14.5. The van der Waals surface area contributed by atoms with Crippen molar-refractivity contribution in [2.45, 2.75) is 26.0 Å². The van der Waals surface area contributed by atoms with Crippen LogP contribution in [0.15, 0.2) is 66.7 Å². The van der Waals surface area contributed by atoms with Crippen molar-refractivity contribution in [3.8, 4) is 11.5 Å². The van der Waals surface area contributed by atoms with E-state index < -0.39 is 23.6 Å². The molecule has 0 saturated heterocycles. The number of carbonyl (C=O) groups is 1. The first-order valence-corrected chi connectivity index (χ1v) is 9.71. The first-order valence-electron chi connectivity index (χ1n) is 9.71. The number of halogens is 2. The summed E-state index contributed by atoms with van der Waals surface area (Å²) in [6.07, 6.45) is -2.10. The van der Waals surface area contributed by atoms with E-state index >= 15 is 0 Å². The summed E-state index contributed by atoms with van der Waals surface area (Å²) in [5.41, 5.74) is 2.56. The zero-order valence-electron chi connectivity index (χ0n) is 16.2. The Bertz CT molecular complexity index is 1050. The van der Waals surface area contributed by atoms with Gasteiger partial charge in [-0.2, -0.15) is 0 Å². The van der Waals surface area contributed by atoms with Crippen molar-refractivity contribution in [2.24, 2.45) is 0 Å². The zero-order valence-corrected chi connectivity index (χ0v) is 16.2. The number of carbonyl (C=O) groups excluding carboxylic acids is 1. The van der Waals surface area contributed by atoms with Gasteiger partial charge in [-0.25, -0.2) is 8.78 Å². The number of hydrogen-bond acceptors (Lipinski definition) is 3. The van der Waals surface area contributed by atoms with Gasteiger partial charge in [0, 0.05) is 18.7 Å². The number of alkyl halides is 2. The lowest BCUT2D eigenvalue weighted by Gasteiger charge is -2.29. The number of nitrogens with zero attached hydrogens (tertiary/aromatic N) is 1. The summed E-state index contributed by atoms with van der Waals surface area (Å²) in [5.74, 6) is -0.983. The number of fused-ring (bicyclic) bond motifs is 1. The fraction of sp³-hybridized carbons (Fsp3) is 0.208. The van der Waals surface area contributed by atoms with Crippen molar-refractivity contribution in [1.29, 1.82) is 0 Å². The average Bonchev–Trinajstić information content (AvgIpc) is 2.77. The topological polar surface area (TPSA) is 49.8 Å². The Kier molecular flexibility index (Phi) is 5.65. The Labute approximate surface area is 173 Å². The summed E-state index contributed by atoms with van der Waals surface area (Å²) in [6.45, 7) is 0.962. The molecule has 0 spiro atoms. The number of aromatic hydroxyl groups is 1. The van der Waals surface area contributed by atoms with Crippen molar-refractivity contribution in [3.05, 3.63) is 94.5 Å². The predicted molar refractivity (Wildman–Crippen MR) is 109 cm³/mol. The number of ether oxygens (including phenoxy) is 1. The molecule has 1 amide bonds. The summed E-state index contributed by atoms with van der Waals surface area (Å²) in [7, 11) is 0. The molecule has 0 aromatic heterocycles. The highest BCUT2D eigenvalue weighted by Crippen LogP contribution is 2.36. The highest BCUT2D eigenvalue weighted by molar-refractivity contribution is 6.00. The van der Waals surface area contributed by atoms with E-state index in [4.69, 9.17) is 4.74 Å². The van der Waals surface area contributed by atoms with Gasteiger partial charge in [-0.15, -0.1) is 0 Å². The second-order valence-electron chi connectivity index (χ2n) is 7.23. The van der Waals surface area contributed by atoms with Crippen LogP contribution in [0.25, 0.3) is 0 Å². The Balaban J connectivity index is 1.65. The SMILES string of the molecule is O=C(c1c(O)cc(C(F)F)cc1OCc1ccccc1)N1CCc2ccccc2C1. The van der Waals surface area contributed by atoms with E-state index in [1.807, 2.05) is 54.6 Å². The molecule has 0 aliphatic carbocycles. The van der Waals surface area contributed by atoms with Crippen LogP contribution in [0.2, 0.25) is 0 Å². The maximum atomic E-state index is 13.3. The third kappa shape index (κ3) is 4.13. The minimum absolute atomic E-state index is 0.0435. The van der Waals surface area contributed by atoms with Crippen molar-refractivity contribution in [3.63, 3.8) is 0 Å². The minimum atomic E-state index is -2.79. The maximum Gasteiger partial charge on any atom is 0.264 e. The van der Waals surface area contributed by atoms with Crippen molar-refractivity contribution in [2.75, 3.05) is 6.54 Å². The highest BCUT2D eigenvalue weighted by Gasteiger charge is 2.28. The second kappa shape index (κ2) is 8.53. The molecule has 6 heteroatoms. The molecular weight excluding hydrogens is 388 g/mol. The fourth-order valence-electron chi connectivity index (χ4n) is 3.64. The van der Waals surface area contributed by atoms with Gasteiger partial charge >= 0.3 is 0 Å². The fourth-order valence-corrected chi connectivity index (χ4v) is 3.64. The van der Waals surface area contributed by atoms with Gasteiger partial charge in [0.05, 0.1) is 0 Å². The molecule has 0 unspecified atom stereocenters. The van der Waals surface area contributed by atoms with Gasteiger partial charge in [-0.1, -0.05) is 54.6 Å². The van der Waals surface area contributed by atoms with Crippen molar-refractivity contribution < 1.29 is 23.4 Å². The first kappa shape index (κ1) is 19.9. The quantitative estimate of drug-likeness (QED) is 0.637. The van der Waals surface area contributed by atoms with Crippen LogP contribution in [0.4, 0.5) is 8.78 Å². The third-order valence-corrected chi connectivity index (χ3v) is 5.22. The van der Waals surface area contributed by atoms with Crippen molar-refractivity contribution in [1.82, 2.24) is 4.90 Å². The summed E-state index contributed by atoms with van der Waals surface area (Å²) >= 11 is 0. The molecule has 0 atom stereocenters. The van der Waals surface area contributed by atoms with E-state index in [-0.39, 0.29) is 17.9 Å². The van der Waals surface area contributed by atoms with Gasteiger partial charge in [0.1, 0.15) is 23.7 Å². The lowest BCUT2D eigenvalue weighted by Crippen LogP contribution is -2.36. The Morgan fingerprint density at radius 3 is 2.47 bits per heavy atom. The van der Waals surface area contributed by atoms with Gasteiger partial charge in [0.2, 0.25) is 0 Å². The largest absolute Gasteiger partial charge is 0.507 e. The van der Waals surface area contributed by atoms with Gasteiger partial charge < -0.3 is 14.7 Å². The standard InChI is InChI=1S/C24H21F2NO3/c25-23(26)19-12-20(28)22(21(13-19)30-15-16-6-2-1-3-7-16)24(29)27-11-10-17-8-4-5-9-18(17)14-27/h1-9,12-13,23,28H,10-11,14-15H2. The smallest absolute Gasteiger partial charge is 0.264 e. The van der Waals surface area contributed by atoms with Crippen molar-refractivity contribution >= 4 is 5.91 Å². The highest BCUT2D eigenvalue weighted by atomic mass is 19.3. The maximum absolute atomic E-state index is 13.3. The van der Waals surface area contributed by atoms with E-state index in [1.54, 1.807) is 4.90 Å². The molecular formula is C24H21F2NO3. The number of amides is 1. The van der Waals surface area contributed by atoms with Gasteiger partial charge in [-0.3, -0.25) is 4.79 Å². The molecule has 3 aromatic carbocycles. The van der Waals surface area contributed by atoms with Gasteiger partial charge in [0.15, 0.2) is 0 Å². The van der Waals surface area contributed by atoms with Crippen LogP contribution < -0.4 is 4.74 Å². The summed E-state index contributed by atoms with van der Waals surface area (Å²) in [5, 5.41) is 10.5. The normalized spacial score (nSPS) is 13.2. The molecule has 1 N–H and O–H groups in total. The monoisotopic (exact) mass is 409 g/mol. The number of hydrogen-bond donors (Lipinski definition) is 1. The molecule has 0 bridgehead atoms. The Morgan fingerprint density at radius 2 is 1.73 bits per heavy atom. The van der Waals surface area contributed by atoms with E-state index in [0.29, 0.717) is 19.5 Å². The Morgan fingerprint density at radius 1 is 1.03 bits per heavy atom. The molecule has 4 rings (SSSR count). The van der Waals surface area contributed by atoms with Crippen LogP contribution in [-0.4, -0.2) is 22.5 Å². The van der Waals surface area contributed by atoms with Gasteiger partial charge in [0.25, 0.3) is 12.3 Å². The molecule has 0 fully saturated rings. The summed E-state index contributed by atoms with van der Waals surface area (Å²) in [6, 6.07) is 19.1. The lowest BCUT2D eigenvalue weighted by molar-refractivity contribution is 0.0725. The number of phenolic OH excluding ortho intramolecular Hbond substituents is 1. The average molecular weight is 409 g/mol. The third-order valence-electron chi connectivity index (χ3n) is 5.22. The number of phenols is 1. The van der Waals surface area contributed by atoms with Crippen LogP contribution in [0.3, 0.4) is 0 Å². The predicted octanol–water partition coefficient (Wildman–Crippen LogP) is 5.11. The van der Waals surface area contributed by atoms with Crippen LogP contribution in [0.1, 0.15) is 39.0 Å². The second-order valence-corrected chi connectivity index (χ2v) is 7.23. The minimum Gasteiger partial charge on any atom is -0.507 e. The molecule has 3 aromatic rings. The molecule has 154 valence electrons. The lowest BCUT2D eigenvalue weighted by atomic mass is 9.98. The molecule has 0 radical (unpaired) electrons. The molecule has 1 aliphatic rings. The molecule has 30 heavy (non-hydrogen) atoms. The van der Waals surface area contributed by atoms with Gasteiger partial charge in [-0.05, 0) is 35.2 Å². The van der Waals surface area contributed by atoms with Crippen LogP contribution in [0.5, 0.6) is 11.5 Å². The van der Waals surface area contributed by atoms with Crippen LogP contribution in [-0.2, 0) is 19.6 Å². The summed E-state index contributed by atoms with van der Waals surface area (Å²) < 4.78 is 32.3. The van der Waals surface area contributed by atoms with E-state index in [0.717, 1.165) is 23.3 Å². The van der Waals surface area contributed by atoms with Crippen LogP contribution in [0, 0.1) is 0 Å². The summed E-state index contributed by atoms with van der Waals surface area (Å²) in [4.78, 5) is 14.8. The molecule has 0 saturated carbocycles.